The molecule has 0 unspecified atom stereocenters. The van der Waals surface area contributed by atoms with E-state index in [4.69, 9.17) is 4.74 Å². The summed E-state index contributed by atoms with van der Waals surface area (Å²) in [7, 11) is 1.64. The van der Waals surface area contributed by atoms with Gasteiger partial charge in [0.15, 0.2) is 0 Å². The smallest absolute Gasteiger partial charge is 0.136 e. The van der Waals surface area contributed by atoms with Crippen molar-refractivity contribution in [2.45, 2.75) is 6.92 Å². The third kappa shape index (κ3) is 3.87. The largest absolute Gasteiger partial charge is 0.497 e. The molecule has 0 atom stereocenters. The highest BCUT2D eigenvalue weighted by molar-refractivity contribution is 7.11. The molecule has 1 N–H and O–H groups in total. The molecule has 4 nitrogen and oxygen atoms in total. The summed E-state index contributed by atoms with van der Waals surface area (Å²) in [6.45, 7) is 2.02. The molecule has 0 radical (unpaired) electrons. The Bertz CT molecular complexity index is 936. The molecule has 25 heavy (non-hydrogen) atoms. The molecule has 0 saturated carbocycles. The molecule has 0 bridgehead atoms. The second-order valence-corrected chi connectivity index (χ2v) is 6.25. The Labute approximate surface area is 151 Å². The molecule has 0 aliphatic rings. The molecular weight excluding hydrogens is 330 g/mol. The van der Waals surface area contributed by atoms with Gasteiger partial charge in [-0.2, -0.15) is 5.26 Å². The summed E-state index contributed by atoms with van der Waals surface area (Å²) in [5.74, 6) is 0.805. The molecule has 1 aromatic heterocycles. The van der Waals surface area contributed by atoms with Gasteiger partial charge in [0.25, 0.3) is 0 Å². The number of ether oxygens (including phenoxy) is 1. The number of thiazole rings is 1. The summed E-state index contributed by atoms with van der Waals surface area (Å²) in [6.07, 6.45) is 1.71. The molecule has 0 spiro atoms. The van der Waals surface area contributed by atoms with Crippen molar-refractivity contribution in [2.75, 3.05) is 12.4 Å². The minimum atomic E-state index is 0.507. The number of nitrogens with zero attached hydrogens (tertiary/aromatic N) is 2. The number of hydrogen-bond acceptors (Lipinski definition) is 5. The summed E-state index contributed by atoms with van der Waals surface area (Å²) >= 11 is 1.45. The van der Waals surface area contributed by atoms with E-state index in [9.17, 15) is 5.26 Å². The summed E-state index contributed by atoms with van der Waals surface area (Å²) in [6, 6.07) is 17.9. The maximum atomic E-state index is 9.47. The Morgan fingerprint density at radius 3 is 2.64 bits per heavy atom. The molecule has 0 saturated heterocycles. The standard InChI is InChI=1S/C20H17N3OS/c1-14-5-3-4-6-18(14)22-12-16(11-21)20-23-19(13-25-20)15-7-9-17(24-2)10-8-15/h3-10,12-13,22H,1-2H3/b16-12-. The van der Waals surface area contributed by atoms with Crippen LogP contribution in [0.3, 0.4) is 0 Å². The summed E-state index contributed by atoms with van der Waals surface area (Å²) in [5, 5.41) is 15.3. The van der Waals surface area contributed by atoms with Gasteiger partial charge >= 0.3 is 0 Å². The van der Waals surface area contributed by atoms with Crippen molar-refractivity contribution in [1.82, 2.24) is 4.98 Å². The van der Waals surface area contributed by atoms with Crippen molar-refractivity contribution in [3.8, 4) is 23.1 Å². The van der Waals surface area contributed by atoms with Crippen LogP contribution < -0.4 is 10.1 Å². The van der Waals surface area contributed by atoms with Gasteiger partial charge in [0.1, 0.15) is 22.4 Å². The second kappa shape index (κ2) is 7.65. The minimum Gasteiger partial charge on any atom is -0.497 e. The third-order valence-corrected chi connectivity index (χ3v) is 4.63. The van der Waals surface area contributed by atoms with Gasteiger partial charge in [0.2, 0.25) is 0 Å². The molecule has 5 heteroatoms. The number of anilines is 1. The first-order chi connectivity index (χ1) is 12.2. The number of para-hydroxylation sites is 1. The predicted octanol–water partition coefficient (Wildman–Crippen LogP) is 5.10. The zero-order valence-corrected chi connectivity index (χ0v) is 14.8. The molecular formula is C20H17N3OS. The van der Waals surface area contributed by atoms with Gasteiger partial charge in [-0.15, -0.1) is 11.3 Å². The van der Waals surface area contributed by atoms with Gasteiger partial charge in [-0.1, -0.05) is 18.2 Å². The van der Waals surface area contributed by atoms with Crippen LogP contribution in [0.4, 0.5) is 5.69 Å². The fraction of sp³-hybridized carbons (Fsp3) is 0.100. The Balaban J connectivity index is 1.82. The first kappa shape index (κ1) is 16.7. The highest BCUT2D eigenvalue weighted by Crippen LogP contribution is 2.27. The second-order valence-electron chi connectivity index (χ2n) is 5.40. The van der Waals surface area contributed by atoms with Crippen LogP contribution in [-0.2, 0) is 0 Å². The normalized spacial score (nSPS) is 11.0. The van der Waals surface area contributed by atoms with Gasteiger partial charge in [-0.25, -0.2) is 4.98 Å². The Kier molecular flexibility index (Phi) is 5.12. The van der Waals surface area contributed by atoms with Gasteiger partial charge in [-0.05, 0) is 42.8 Å². The SMILES string of the molecule is COc1ccc(-c2csc(/C(C#N)=C\Nc3ccccc3C)n2)cc1. The van der Waals surface area contributed by atoms with E-state index in [-0.39, 0.29) is 0 Å². The molecule has 1 heterocycles. The first-order valence-electron chi connectivity index (χ1n) is 7.74. The van der Waals surface area contributed by atoms with Crippen molar-refractivity contribution in [1.29, 1.82) is 5.26 Å². The zero-order chi connectivity index (χ0) is 17.6. The Morgan fingerprint density at radius 1 is 1.20 bits per heavy atom. The minimum absolute atomic E-state index is 0.507. The summed E-state index contributed by atoms with van der Waals surface area (Å²) in [4.78, 5) is 4.59. The van der Waals surface area contributed by atoms with Crippen LogP contribution in [0.15, 0.2) is 60.1 Å². The average molecular weight is 347 g/mol. The summed E-state index contributed by atoms with van der Waals surface area (Å²) in [5.41, 5.74) is 4.44. The van der Waals surface area contributed by atoms with E-state index in [1.54, 1.807) is 13.3 Å². The number of methoxy groups -OCH3 is 1. The zero-order valence-electron chi connectivity index (χ0n) is 14.0. The van der Waals surface area contributed by atoms with Crippen LogP contribution in [0, 0.1) is 18.3 Å². The van der Waals surface area contributed by atoms with E-state index in [0.29, 0.717) is 10.6 Å². The molecule has 0 aliphatic carbocycles. The number of nitriles is 1. The molecule has 3 aromatic rings. The maximum Gasteiger partial charge on any atom is 0.136 e. The van der Waals surface area contributed by atoms with Crippen LogP contribution in [0.25, 0.3) is 16.8 Å². The van der Waals surface area contributed by atoms with Crippen molar-refractivity contribution < 1.29 is 4.74 Å². The molecule has 0 amide bonds. The molecule has 3 rings (SSSR count). The van der Waals surface area contributed by atoms with E-state index < -0.39 is 0 Å². The topological polar surface area (TPSA) is 57.9 Å². The number of rotatable bonds is 5. The Hall–Kier alpha value is -3.10. The van der Waals surface area contributed by atoms with Gasteiger partial charge < -0.3 is 10.1 Å². The quantitative estimate of drug-likeness (QED) is 0.652. The number of aromatic nitrogens is 1. The van der Waals surface area contributed by atoms with Crippen LogP contribution >= 0.6 is 11.3 Å². The van der Waals surface area contributed by atoms with E-state index in [2.05, 4.69) is 16.4 Å². The van der Waals surface area contributed by atoms with Crippen molar-refractivity contribution in [3.05, 3.63) is 70.7 Å². The summed E-state index contributed by atoms with van der Waals surface area (Å²) < 4.78 is 5.17. The number of nitrogens with one attached hydrogen (secondary N) is 1. The lowest BCUT2D eigenvalue weighted by Gasteiger charge is -2.04. The molecule has 2 aromatic carbocycles. The van der Waals surface area contributed by atoms with E-state index >= 15 is 0 Å². The maximum absolute atomic E-state index is 9.47. The fourth-order valence-electron chi connectivity index (χ4n) is 2.32. The molecule has 0 aliphatic heterocycles. The van der Waals surface area contributed by atoms with Crippen LogP contribution in [0.5, 0.6) is 5.75 Å². The molecule has 0 fully saturated rings. The lowest BCUT2D eigenvalue weighted by atomic mass is 10.2. The number of benzene rings is 2. The van der Waals surface area contributed by atoms with Crippen LogP contribution in [0.2, 0.25) is 0 Å². The fourth-order valence-corrected chi connectivity index (χ4v) is 3.11. The first-order valence-corrected chi connectivity index (χ1v) is 8.62. The Morgan fingerprint density at radius 2 is 1.96 bits per heavy atom. The van der Waals surface area contributed by atoms with Gasteiger partial charge in [0.05, 0.1) is 12.8 Å². The van der Waals surface area contributed by atoms with Gasteiger partial charge in [-0.3, -0.25) is 0 Å². The van der Waals surface area contributed by atoms with Crippen molar-refractivity contribution in [3.63, 3.8) is 0 Å². The highest BCUT2D eigenvalue weighted by Gasteiger charge is 2.09. The van der Waals surface area contributed by atoms with Crippen LogP contribution in [-0.4, -0.2) is 12.1 Å². The van der Waals surface area contributed by atoms with Crippen LogP contribution in [0.1, 0.15) is 10.6 Å². The van der Waals surface area contributed by atoms with Gasteiger partial charge in [0, 0.05) is 22.8 Å². The number of hydrogen-bond donors (Lipinski definition) is 1. The van der Waals surface area contributed by atoms with E-state index in [1.807, 2.05) is 60.8 Å². The van der Waals surface area contributed by atoms with Crippen molar-refractivity contribution in [2.24, 2.45) is 0 Å². The lowest BCUT2D eigenvalue weighted by molar-refractivity contribution is 0.415. The van der Waals surface area contributed by atoms with E-state index in [1.165, 1.54) is 11.3 Å². The lowest BCUT2D eigenvalue weighted by Crippen LogP contribution is -1.93. The number of allylic oxidation sites excluding steroid dienone is 1. The molecule has 124 valence electrons. The average Bonchev–Trinajstić information content (AvgIpc) is 3.14. The number of aryl methyl sites for hydroxylation is 1. The highest BCUT2D eigenvalue weighted by atomic mass is 32.1. The third-order valence-electron chi connectivity index (χ3n) is 3.76. The monoisotopic (exact) mass is 347 g/mol. The van der Waals surface area contributed by atoms with E-state index in [0.717, 1.165) is 28.3 Å². The van der Waals surface area contributed by atoms with Crippen molar-refractivity contribution >= 4 is 22.6 Å². The predicted molar refractivity (Wildman–Crippen MR) is 102 cm³/mol.